The Kier molecular flexibility index (Phi) is 6.30. The van der Waals surface area contributed by atoms with E-state index in [-0.39, 0.29) is 29.2 Å². The minimum absolute atomic E-state index is 0.0625. The van der Waals surface area contributed by atoms with E-state index in [0.717, 1.165) is 63.3 Å². The summed E-state index contributed by atoms with van der Waals surface area (Å²) < 4.78 is 20.2. The fourth-order valence-corrected chi connectivity index (χ4v) is 5.68. The maximum absolute atomic E-state index is 14.2. The number of amides is 2. The molecule has 0 atom stereocenters. The maximum Gasteiger partial charge on any atom is 0.264 e. The number of carbonyl (C=O) groups is 2. The molecular formula is C27H32FN3O3. The number of rotatable bonds is 5. The molecular weight excluding hydrogens is 433 g/mol. The molecule has 2 heterocycles. The molecule has 0 radical (unpaired) electrons. The highest BCUT2D eigenvalue weighted by atomic mass is 19.1. The molecule has 5 rings (SSSR count). The number of hydrogen-bond donors (Lipinski definition) is 0. The minimum atomic E-state index is -0.606. The number of ether oxygens (including phenoxy) is 1. The Hall–Kier alpha value is -2.93. The number of para-hydroxylation sites is 2. The molecule has 2 aliphatic heterocycles. The van der Waals surface area contributed by atoms with Crippen LogP contribution in [0.15, 0.2) is 42.5 Å². The standard InChI is InChI=1S/C27H32FN3O3/c1-18(2)34-24-9-4-3-8-23(24)30-16-14-29(15-17-30)19-10-12-20(13-11-19)31-26(32)21-6-5-7-22(28)25(21)27(31)33/h3-9,18-20H,10-17H2,1-2H3. The molecule has 2 aromatic carbocycles. The van der Waals surface area contributed by atoms with Crippen molar-refractivity contribution in [3.63, 3.8) is 0 Å². The van der Waals surface area contributed by atoms with E-state index in [4.69, 9.17) is 4.74 Å². The lowest BCUT2D eigenvalue weighted by molar-refractivity contribution is 0.0489. The summed E-state index contributed by atoms with van der Waals surface area (Å²) in [6.07, 6.45) is 3.55. The Balaban J connectivity index is 1.17. The number of hydrogen-bond acceptors (Lipinski definition) is 5. The third-order valence-corrected chi connectivity index (χ3v) is 7.33. The summed E-state index contributed by atoms with van der Waals surface area (Å²) in [6.45, 7) is 7.92. The summed E-state index contributed by atoms with van der Waals surface area (Å²) in [5.41, 5.74) is 1.29. The Morgan fingerprint density at radius 1 is 0.853 bits per heavy atom. The zero-order valence-electron chi connectivity index (χ0n) is 19.9. The normalized spacial score (nSPS) is 23.5. The molecule has 7 heteroatoms. The molecule has 2 aromatic rings. The average molecular weight is 466 g/mol. The fourth-order valence-electron chi connectivity index (χ4n) is 5.68. The highest BCUT2D eigenvalue weighted by molar-refractivity contribution is 6.21. The van der Waals surface area contributed by atoms with Crippen LogP contribution in [0.2, 0.25) is 0 Å². The van der Waals surface area contributed by atoms with E-state index in [1.54, 1.807) is 6.07 Å². The monoisotopic (exact) mass is 465 g/mol. The maximum atomic E-state index is 14.2. The van der Waals surface area contributed by atoms with Crippen LogP contribution < -0.4 is 9.64 Å². The highest BCUT2D eigenvalue weighted by Gasteiger charge is 2.43. The quantitative estimate of drug-likeness (QED) is 0.615. The molecule has 0 N–H and O–H groups in total. The molecule has 0 spiro atoms. The van der Waals surface area contributed by atoms with Gasteiger partial charge in [-0.3, -0.25) is 19.4 Å². The molecule has 1 saturated carbocycles. The molecule has 0 aromatic heterocycles. The smallest absolute Gasteiger partial charge is 0.264 e. The summed E-state index contributed by atoms with van der Waals surface area (Å²) in [6, 6.07) is 12.8. The lowest BCUT2D eigenvalue weighted by Crippen LogP contribution is -2.52. The predicted octanol–water partition coefficient (Wildman–Crippen LogP) is 4.34. The van der Waals surface area contributed by atoms with Gasteiger partial charge in [0.05, 0.1) is 22.9 Å². The molecule has 0 bridgehead atoms. The first kappa shape index (κ1) is 22.8. The van der Waals surface area contributed by atoms with Crippen molar-refractivity contribution in [2.45, 2.75) is 57.7 Å². The van der Waals surface area contributed by atoms with Crippen molar-refractivity contribution in [2.24, 2.45) is 0 Å². The van der Waals surface area contributed by atoms with Crippen LogP contribution in [0.1, 0.15) is 60.2 Å². The van der Waals surface area contributed by atoms with E-state index in [2.05, 4.69) is 21.9 Å². The SMILES string of the molecule is CC(C)Oc1ccccc1N1CCN(C2CCC(N3C(=O)c4cccc(F)c4C3=O)CC2)CC1. The third kappa shape index (κ3) is 4.17. The van der Waals surface area contributed by atoms with Crippen LogP contribution in [0.5, 0.6) is 5.75 Å². The Morgan fingerprint density at radius 3 is 2.21 bits per heavy atom. The van der Waals surface area contributed by atoms with Crippen LogP contribution in [0.3, 0.4) is 0 Å². The van der Waals surface area contributed by atoms with E-state index in [1.807, 2.05) is 26.0 Å². The second-order valence-electron chi connectivity index (χ2n) is 9.76. The largest absolute Gasteiger partial charge is 0.489 e. The number of fused-ring (bicyclic) bond motifs is 1. The summed E-state index contributed by atoms with van der Waals surface area (Å²) in [4.78, 5) is 31.9. The van der Waals surface area contributed by atoms with E-state index in [9.17, 15) is 14.0 Å². The van der Waals surface area contributed by atoms with Crippen molar-refractivity contribution < 1.29 is 18.7 Å². The van der Waals surface area contributed by atoms with Crippen LogP contribution in [0.4, 0.5) is 10.1 Å². The minimum Gasteiger partial charge on any atom is -0.489 e. The number of carbonyl (C=O) groups excluding carboxylic acids is 2. The number of piperazine rings is 1. The average Bonchev–Trinajstić information content (AvgIpc) is 3.10. The van der Waals surface area contributed by atoms with E-state index >= 15 is 0 Å². The zero-order chi connectivity index (χ0) is 23.8. The molecule has 0 unspecified atom stereocenters. The van der Waals surface area contributed by atoms with Gasteiger partial charge in [-0.1, -0.05) is 18.2 Å². The van der Waals surface area contributed by atoms with Crippen LogP contribution in [0.25, 0.3) is 0 Å². The Bertz CT molecular complexity index is 1070. The number of nitrogens with zero attached hydrogens (tertiary/aromatic N) is 3. The fraction of sp³-hybridized carbons (Fsp3) is 0.481. The summed E-state index contributed by atoms with van der Waals surface area (Å²) in [5, 5.41) is 0. The molecule has 6 nitrogen and oxygen atoms in total. The zero-order valence-corrected chi connectivity index (χ0v) is 19.9. The van der Waals surface area contributed by atoms with Crippen LogP contribution in [0, 0.1) is 5.82 Å². The van der Waals surface area contributed by atoms with Gasteiger partial charge in [0, 0.05) is 38.3 Å². The topological polar surface area (TPSA) is 53.1 Å². The summed E-state index contributed by atoms with van der Waals surface area (Å²) in [7, 11) is 0. The molecule has 1 aliphatic carbocycles. The van der Waals surface area contributed by atoms with Crippen LogP contribution in [-0.4, -0.2) is 66.0 Å². The first-order chi connectivity index (χ1) is 16.4. The predicted molar refractivity (Wildman–Crippen MR) is 129 cm³/mol. The van der Waals surface area contributed by atoms with E-state index < -0.39 is 11.7 Å². The molecule has 2 amide bonds. The lowest BCUT2D eigenvalue weighted by atomic mass is 9.89. The van der Waals surface area contributed by atoms with Gasteiger partial charge >= 0.3 is 0 Å². The summed E-state index contributed by atoms with van der Waals surface area (Å²) in [5.74, 6) is -0.495. The van der Waals surface area contributed by atoms with Gasteiger partial charge in [-0.15, -0.1) is 0 Å². The number of imide groups is 1. The molecule has 34 heavy (non-hydrogen) atoms. The van der Waals surface area contributed by atoms with Gasteiger partial charge in [0.1, 0.15) is 11.6 Å². The van der Waals surface area contributed by atoms with Crippen LogP contribution >= 0.6 is 0 Å². The van der Waals surface area contributed by atoms with Crippen molar-refractivity contribution >= 4 is 17.5 Å². The van der Waals surface area contributed by atoms with Crippen molar-refractivity contribution in [1.82, 2.24) is 9.80 Å². The Morgan fingerprint density at radius 2 is 1.53 bits per heavy atom. The van der Waals surface area contributed by atoms with E-state index in [0.29, 0.717) is 6.04 Å². The second kappa shape index (κ2) is 9.37. The highest BCUT2D eigenvalue weighted by Crippen LogP contribution is 2.35. The van der Waals surface area contributed by atoms with Gasteiger partial charge in [0.2, 0.25) is 0 Å². The molecule has 180 valence electrons. The summed E-state index contributed by atoms with van der Waals surface area (Å²) >= 11 is 0. The van der Waals surface area contributed by atoms with E-state index in [1.165, 1.54) is 17.0 Å². The van der Waals surface area contributed by atoms with Crippen molar-refractivity contribution in [2.75, 3.05) is 31.1 Å². The van der Waals surface area contributed by atoms with Crippen molar-refractivity contribution in [1.29, 1.82) is 0 Å². The molecule has 3 aliphatic rings. The number of anilines is 1. The van der Waals surface area contributed by atoms with Crippen molar-refractivity contribution in [3.05, 3.63) is 59.4 Å². The van der Waals surface area contributed by atoms with Gasteiger partial charge in [0.25, 0.3) is 11.8 Å². The Labute approximate surface area is 200 Å². The molecule has 1 saturated heterocycles. The van der Waals surface area contributed by atoms with Gasteiger partial charge in [-0.25, -0.2) is 4.39 Å². The first-order valence-electron chi connectivity index (χ1n) is 12.3. The number of benzene rings is 2. The first-order valence-corrected chi connectivity index (χ1v) is 12.3. The number of halogens is 1. The van der Waals surface area contributed by atoms with Crippen LogP contribution in [-0.2, 0) is 0 Å². The van der Waals surface area contributed by atoms with Gasteiger partial charge in [-0.05, 0) is 63.8 Å². The molecule has 2 fully saturated rings. The third-order valence-electron chi connectivity index (χ3n) is 7.33. The van der Waals surface area contributed by atoms with Gasteiger partial charge in [-0.2, -0.15) is 0 Å². The lowest BCUT2D eigenvalue weighted by Gasteiger charge is -2.43. The van der Waals surface area contributed by atoms with Crippen molar-refractivity contribution in [3.8, 4) is 5.75 Å². The van der Waals surface area contributed by atoms with Gasteiger partial charge in [0.15, 0.2) is 0 Å². The second-order valence-corrected chi connectivity index (χ2v) is 9.76. The van der Waals surface area contributed by atoms with Gasteiger partial charge < -0.3 is 9.64 Å².